The summed E-state index contributed by atoms with van der Waals surface area (Å²) in [6, 6.07) is 9.34. The van der Waals surface area contributed by atoms with E-state index in [4.69, 9.17) is 0 Å². The number of ketones is 1. The van der Waals surface area contributed by atoms with Gasteiger partial charge in [-0.25, -0.2) is 0 Å². The van der Waals surface area contributed by atoms with Gasteiger partial charge in [0.05, 0.1) is 0 Å². The van der Waals surface area contributed by atoms with Crippen LogP contribution in [0.5, 0.6) is 0 Å². The Labute approximate surface area is 187 Å². The van der Waals surface area contributed by atoms with Crippen molar-refractivity contribution in [2.24, 2.45) is 28.1 Å². The largest absolute Gasteiger partial charge is 0.299 e. The van der Waals surface area contributed by atoms with Crippen molar-refractivity contribution in [2.45, 2.75) is 113 Å². The zero-order chi connectivity index (χ0) is 22.7. The van der Waals surface area contributed by atoms with Gasteiger partial charge >= 0.3 is 0 Å². The van der Waals surface area contributed by atoms with Crippen molar-refractivity contribution < 1.29 is 4.79 Å². The van der Waals surface area contributed by atoms with Crippen molar-refractivity contribution >= 4 is 5.78 Å². The van der Waals surface area contributed by atoms with Crippen molar-refractivity contribution in [3.05, 3.63) is 35.4 Å². The molecule has 1 aromatic carbocycles. The Morgan fingerprint density at radius 2 is 1.47 bits per heavy atom. The van der Waals surface area contributed by atoms with Crippen LogP contribution in [0.1, 0.15) is 117 Å². The Balaban J connectivity index is 2.61. The number of carbonyl (C=O) groups is 1. The van der Waals surface area contributed by atoms with Crippen molar-refractivity contribution in [2.75, 3.05) is 0 Å². The molecule has 1 heteroatoms. The maximum absolute atomic E-state index is 13.2. The first-order chi connectivity index (χ1) is 13.8. The Bertz CT molecular complexity index is 684. The summed E-state index contributed by atoms with van der Waals surface area (Å²) >= 11 is 0. The van der Waals surface area contributed by atoms with E-state index in [2.05, 4.69) is 86.6 Å². The van der Waals surface area contributed by atoms with E-state index < -0.39 is 0 Å². The topological polar surface area (TPSA) is 17.1 Å². The molecule has 1 nitrogen and oxygen atoms in total. The van der Waals surface area contributed by atoms with Crippen LogP contribution < -0.4 is 0 Å². The van der Waals surface area contributed by atoms with E-state index in [1.54, 1.807) is 0 Å². The molecule has 1 saturated carbocycles. The summed E-state index contributed by atoms with van der Waals surface area (Å²) < 4.78 is 0. The molecule has 1 aliphatic rings. The minimum absolute atomic E-state index is 0.0992. The maximum atomic E-state index is 13.2. The second kappa shape index (κ2) is 9.58. The number of hydrogen-bond acceptors (Lipinski definition) is 1. The lowest BCUT2D eigenvalue weighted by Crippen LogP contribution is -2.45. The molecule has 30 heavy (non-hydrogen) atoms. The molecule has 0 radical (unpaired) electrons. The van der Waals surface area contributed by atoms with Crippen molar-refractivity contribution in [3.8, 4) is 0 Å². The molecule has 1 unspecified atom stereocenters. The SMILES string of the molecule is Cc1ccc(C(C(C)(C)CC(C)C)C2(CC(C)(C)C(=O)C(C)C)CCCCC2)cc1. The molecule has 0 aliphatic heterocycles. The summed E-state index contributed by atoms with van der Waals surface area (Å²) in [6.07, 6.45) is 8.66. The average Bonchev–Trinajstić information content (AvgIpc) is 2.61. The molecule has 1 fully saturated rings. The fourth-order valence-corrected chi connectivity index (χ4v) is 7.13. The Morgan fingerprint density at radius 1 is 0.933 bits per heavy atom. The van der Waals surface area contributed by atoms with E-state index >= 15 is 0 Å². The molecular formula is C29H48O. The molecule has 0 spiro atoms. The quantitative estimate of drug-likeness (QED) is 0.396. The van der Waals surface area contributed by atoms with Gasteiger partial charge < -0.3 is 0 Å². The molecule has 1 aliphatic carbocycles. The first kappa shape index (κ1) is 25.2. The van der Waals surface area contributed by atoms with E-state index in [0.717, 1.165) is 6.42 Å². The fourth-order valence-electron chi connectivity index (χ4n) is 7.13. The number of Topliss-reactive ketones (excluding diaryl/α,β-unsaturated/α-hetero) is 1. The molecule has 1 atom stereocenters. The van der Waals surface area contributed by atoms with Crippen LogP contribution in [0.3, 0.4) is 0 Å². The van der Waals surface area contributed by atoms with Crippen LogP contribution in [0.15, 0.2) is 24.3 Å². The summed E-state index contributed by atoms with van der Waals surface area (Å²) in [5.74, 6) is 1.67. The van der Waals surface area contributed by atoms with Crippen LogP contribution in [0.4, 0.5) is 0 Å². The highest BCUT2D eigenvalue weighted by atomic mass is 16.1. The predicted molar refractivity (Wildman–Crippen MR) is 131 cm³/mol. The van der Waals surface area contributed by atoms with Gasteiger partial charge in [-0.2, -0.15) is 0 Å². The number of benzene rings is 1. The first-order valence-electron chi connectivity index (χ1n) is 12.4. The van der Waals surface area contributed by atoms with E-state index in [9.17, 15) is 4.79 Å². The van der Waals surface area contributed by atoms with Gasteiger partial charge in [-0.05, 0) is 60.8 Å². The van der Waals surface area contributed by atoms with E-state index in [0.29, 0.717) is 17.6 Å². The standard InChI is InChI=1S/C29H48O/c1-21(2)19-27(6,7)25(24-15-13-23(5)14-16-24)29(17-11-10-12-18-29)20-28(8,9)26(30)22(3)4/h13-16,21-22,25H,10-12,17-20H2,1-9H3. The highest BCUT2D eigenvalue weighted by Gasteiger charge is 2.51. The molecule has 0 bridgehead atoms. The lowest BCUT2D eigenvalue weighted by Gasteiger charge is -2.54. The summed E-state index contributed by atoms with van der Waals surface area (Å²) in [6.45, 7) is 20.4. The minimum Gasteiger partial charge on any atom is -0.299 e. The molecule has 0 amide bonds. The van der Waals surface area contributed by atoms with Gasteiger partial charge in [-0.15, -0.1) is 0 Å². The molecule has 1 aromatic rings. The van der Waals surface area contributed by atoms with Crippen LogP contribution >= 0.6 is 0 Å². The van der Waals surface area contributed by atoms with E-state index in [1.165, 1.54) is 49.7 Å². The number of rotatable bonds is 9. The fraction of sp³-hybridized carbons (Fsp3) is 0.759. The van der Waals surface area contributed by atoms with Crippen LogP contribution in [0.25, 0.3) is 0 Å². The molecule has 2 rings (SSSR count). The van der Waals surface area contributed by atoms with Gasteiger partial charge in [-0.3, -0.25) is 4.79 Å². The van der Waals surface area contributed by atoms with Crippen LogP contribution in [-0.2, 0) is 4.79 Å². The van der Waals surface area contributed by atoms with Crippen molar-refractivity contribution in [3.63, 3.8) is 0 Å². The summed E-state index contributed by atoms with van der Waals surface area (Å²) in [7, 11) is 0. The first-order valence-corrected chi connectivity index (χ1v) is 12.4. The summed E-state index contributed by atoms with van der Waals surface area (Å²) in [5, 5.41) is 0. The highest BCUT2D eigenvalue weighted by Crippen LogP contribution is 2.60. The van der Waals surface area contributed by atoms with Crippen LogP contribution in [0.2, 0.25) is 0 Å². The van der Waals surface area contributed by atoms with E-state index in [1.807, 2.05) is 0 Å². The molecule has 170 valence electrons. The lowest BCUT2D eigenvalue weighted by molar-refractivity contribution is -0.133. The van der Waals surface area contributed by atoms with Crippen molar-refractivity contribution in [1.29, 1.82) is 0 Å². The third-order valence-corrected chi connectivity index (χ3v) is 7.57. The number of carbonyl (C=O) groups excluding carboxylic acids is 1. The average molecular weight is 413 g/mol. The third-order valence-electron chi connectivity index (χ3n) is 7.57. The van der Waals surface area contributed by atoms with Crippen LogP contribution in [0, 0.1) is 35.0 Å². The monoisotopic (exact) mass is 412 g/mol. The number of aryl methyl sites for hydroxylation is 1. The van der Waals surface area contributed by atoms with Gasteiger partial charge in [0.15, 0.2) is 0 Å². The zero-order valence-corrected chi connectivity index (χ0v) is 21.4. The molecule has 0 aromatic heterocycles. The van der Waals surface area contributed by atoms with Gasteiger partial charge in [0.1, 0.15) is 5.78 Å². The summed E-state index contributed by atoms with van der Waals surface area (Å²) in [4.78, 5) is 13.2. The van der Waals surface area contributed by atoms with Crippen molar-refractivity contribution in [1.82, 2.24) is 0 Å². The third kappa shape index (κ3) is 5.77. The second-order valence-corrected chi connectivity index (χ2v) is 12.4. The Kier molecular flexibility index (Phi) is 8.03. The van der Waals surface area contributed by atoms with Crippen LogP contribution in [-0.4, -0.2) is 5.78 Å². The smallest absolute Gasteiger partial charge is 0.141 e. The Hall–Kier alpha value is -1.11. The molecular weight excluding hydrogens is 364 g/mol. The van der Waals surface area contributed by atoms with E-state index in [-0.39, 0.29) is 22.2 Å². The zero-order valence-electron chi connectivity index (χ0n) is 21.4. The second-order valence-electron chi connectivity index (χ2n) is 12.4. The van der Waals surface area contributed by atoms with Gasteiger partial charge in [0.2, 0.25) is 0 Å². The molecule has 0 heterocycles. The van der Waals surface area contributed by atoms with Gasteiger partial charge in [-0.1, -0.05) is 104 Å². The predicted octanol–water partition coefficient (Wildman–Crippen LogP) is 8.74. The van der Waals surface area contributed by atoms with Gasteiger partial charge in [0, 0.05) is 11.3 Å². The normalized spacial score (nSPS) is 18.6. The number of hydrogen-bond donors (Lipinski definition) is 0. The lowest BCUT2D eigenvalue weighted by atomic mass is 9.50. The van der Waals surface area contributed by atoms with Gasteiger partial charge in [0.25, 0.3) is 0 Å². The highest BCUT2D eigenvalue weighted by molar-refractivity contribution is 5.85. The maximum Gasteiger partial charge on any atom is 0.141 e. The summed E-state index contributed by atoms with van der Waals surface area (Å²) in [5.41, 5.74) is 2.92. The Morgan fingerprint density at radius 3 is 1.93 bits per heavy atom. The molecule has 0 N–H and O–H groups in total. The minimum atomic E-state index is -0.275. The molecule has 0 saturated heterocycles.